The van der Waals surface area contributed by atoms with Crippen LogP contribution in [0.1, 0.15) is 20.8 Å². The second-order valence-electron chi connectivity index (χ2n) is 4.44. The first-order valence-electron chi connectivity index (χ1n) is 5.77. The summed E-state index contributed by atoms with van der Waals surface area (Å²) in [4.78, 5) is 2.45. The molecular weight excluding hydrogens is 176 g/mol. The van der Waals surface area contributed by atoms with E-state index in [2.05, 4.69) is 31.0 Å². The zero-order valence-electron chi connectivity index (χ0n) is 9.75. The van der Waals surface area contributed by atoms with Crippen LogP contribution in [0, 0.1) is 5.92 Å². The Labute approximate surface area is 87.8 Å². The number of nitrogens with zero attached hydrogens (tertiary/aromatic N) is 1. The fraction of sp³-hybridized carbons (Fsp3) is 1.00. The van der Waals surface area contributed by atoms with E-state index in [1.54, 1.807) is 0 Å². The summed E-state index contributed by atoms with van der Waals surface area (Å²) in [5.74, 6) is 0.723. The molecule has 14 heavy (non-hydrogen) atoms. The highest BCUT2D eigenvalue weighted by atomic mass is 16.5. The maximum Gasteiger partial charge on any atom is 0.0826 e. The van der Waals surface area contributed by atoms with Crippen LogP contribution in [0.5, 0.6) is 0 Å². The molecule has 84 valence electrons. The predicted octanol–water partition coefficient (Wildman–Crippen LogP) is 0.953. The van der Waals surface area contributed by atoms with Gasteiger partial charge < -0.3 is 10.1 Å². The lowest BCUT2D eigenvalue weighted by Crippen LogP contribution is -2.46. The normalized spacial score (nSPS) is 24.4. The van der Waals surface area contributed by atoms with Gasteiger partial charge in [-0.15, -0.1) is 0 Å². The fourth-order valence-electron chi connectivity index (χ4n) is 1.72. The molecule has 0 aromatic heterocycles. The molecule has 3 nitrogen and oxygen atoms in total. The van der Waals surface area contributed by atoms with Gasteiger partial charge in [0.15, 0.2) is 0 Å². The third-order valence-corrected chi connectivity index (χ3v) is 2.59. The molecule has 0 bridgehead atoms. The second kappa shape index (κ2) is 6.38. The van der Waals surface area contributed by atoms with Crippen molar-refractivity contribution in [3.05, 3.63) is 0 Å². The van der Waals surface area contributed by atoms with E-state index in [9.17, 15) is 0 Å². The van der Waals surface area contributed by atoms with Gasteiger partial charge in [0.2, 0.25) is 0 Å². The summed E-state index contributed by atoms with van der Waals surface area (Å²) in [5.41, 5.74) is 0. The van der Waals surface area contributed by atoms with E-state index in [1.807, 2.05) is 0 Å². The molecule has 1 aliphatic heterocycles. The van der Waals surface area contributed by atoms with Crippen molar-refractivity contribution in [3.63, 3.8) is 0 Å². The van der Waals surface area contributed by atoms with Crippen LogP contribution >= 0.6 is 0 Å². The topological polar surface area (TPSA) is 24.5 Å². The fourth-order valence-corrected chi connectivity index (χ4v) is 1.72. The van der Waals surface area contributed by atoms with E-state index in [1.165, 1.54) is 0 Å². The van der Waals surface area contributed by atoms with E-state index >= 15 is 0 Å². The molecule has 1 fully saturated rings. The van der Waals surface area contributed by atoms with Gasteiger partial charge in [-0.25, -0.2) is 0 Å². The van der Waals surface area contributed by atoms with Crippen LogP contribution in [-0.2, 0) is 4.74 Å². The SMILES string of the molecule is CCN1CCOC(CNCC(C)C)C1. The first-order chi connectivity index (χ1) is 6.72. The number of ether oxygens (including phenoxy) is 1. The van der Waals surface area contributed by atoms with Crippen molar-refractivity contribution >= 4 is 0 Å². The Bertz CT molecular complexity index is 150. The van der Waals surface area contributed by atoms with Crippen molar-refractivity contribution in [2.45, 2.75) is 26.9 Å². The average molecular weight is 200 g/mol. The van der Waals surface area contributed by atoms with Crippen LogP contribution in [-0.4, -0.2) is 50.3 Å². The van der Waals surface area contributed by atoms with E-state index < -0.39 is 0 Å². The van der Waals surface area contributed by atoms with Gasteiger partial charge in [-0.2, -0.15) is 0 Å². The molecule has 0 radical (unpaired) electrons. The number of morpholine rings is 1. The van der Waals surface area contributed by atoms with Gasteiger partial charge in [-0.1, -0.05) is 20.8 Å². The maximum absolute atomic E-state index is 5.69. The van der Waals surface area contributed by atoms with Crippen LogP contribution in [0.4, 0.5) is 0 Å². The van der Waals surface area contributed by atoms with Crippen molar-refractivity contribution in [1.82, 2.24) is 10.2 Å². The first kappa shape index (κ1) is 12.0. The third kappa shape index (κ3) is 4.40. The monoisotopic (exact) mass is 200 g/mol. The van der Waals surface area contributed by atoms with Crippen molar-refractivity contribution in [3.8, 4) is 0 Å². The quantitative estimate of drug-likeness (QED) is 0.715. The number of hydrogen-bond acceptors (Lipinski definition) is 3. The minimum atomic E-state index is 0.391. The molecule has 0 saturated carbocycles. The molecule has 1 atom stereocenters. The summed E-state index contributed by atoms with van der Waals surface area (Å²) >= 11 is 0. The zero-order valence-corrected chi connectivity index (χ0v) is 9.75. The van der Waals surface area contributed by atoms with Gasteiger partial charge in [0.25, 0.3) is 0 Å². The Kier molecular flexibility index (Phi) is 5.45. The number of rotatable bonds is 5. The average Bonchev–Trinajstić information content (AvgIpc) is 2.18. The largest absolute Gasteiger partial charge is 0.374 e. The van der Waals surface area contributed by atoms with Crippen LogP contribution in [0.15, 0.2) is 0 Å². The Morgan fingerprint density at radius 2 is 2.29 bits per heavy atom. The van der Waals surface area contributed by atoms with E-state index in [4.69, 9.17) is 4.74 Å². The highest BCUT2D eigenvalue weighted by molar-refractivity contribution is 4.72. The molecule has 0 aromatic carbocycles. The maximum atomic E-state index is 5.69. The number of hydrogen-bond donors (Lipinski definition) is 1. The minimum absolute atomic E-state index is 0.391. The summed E-state index contributed by atoms with van der Waals surface area (Å²) < 4.78 is 5.69. The molecule has 0 amide bonds. The summed E-state index contributed by atoms with van der Waals surface area (Å²) in [6.07, 6.45) is 0.391. The van der Waals surface area contributed by atoms with Crippen molar-refractivity contribution in [2.75, 3.05) is 39.3 Å². The van der Waals surface area contributed by atoms with Crippen LogP contribution in [0.2, 0.25) is 0 Å². The molecule has 0 aromatic rings. The molecule has 1 aliphatic rings. The summed E-state index contributed by atoms with van der Waals surface area (Å²) in [5, 5.41) is 3.45. The molecule has 1 unspecified atom stereocenters. The summed E-state index contributed by atoms with van der Waals surface area (Å²) in [7, 11) is 0. The van der Waals surface area contributed by atoms with Gasteiger partial charge in [0.1, 0.15) is 0 Å². The second-order valence-corrected chi connectivity index (χ2v) is 4.44. The molecular formula is C11H24N2O. The molecule has 0 spiro atoms. The molecule has 1 saturated heterocycles. The van der Waals surface area contributed by atoms with Gasteiger partial charge in [-0.05, 0) is 19.0 Å². The number of likely N-dealkylation sites (N-methyl/N-ethyl adjacent to an activating group) is 1. The van der Waals surface area contributed by atoms with Crippen LogP contribution in [0.25, 0.3) is 0 Å². The third-order valence-electron chi connectivity index (χ3n) is 2.59. The lowest BCUT2D eigenvalue weighted by atomic mass is 10.2. The summed E-state index contributed by atoms with van der Waals surface area (Å²) in [6.45, 7) is 13.0. The smallest absolute Gasteiger partial charge is 0.0826 e. The lowest BCUT2D eigenvalue weighted by molar-refractivity contribution is -0.0254. The Morgan fingerprint density at radius 1 is 1.50 bits per heavy atom. The Balaban J connectivity index is 2.11. The highest BCUT2D eigenvalue weighted by Crippen LogP contribution is 2.03. The number of nitrogens with one attached hydrogen (secondary N) is 1. The van der Waals surface area contributed by atoms with Crippen molar-refractivity contribution < 1.29 is 4.74 Å². The van der Waals surface area contributed by atoms with Gasteiger partial charge in [0, 0.05) is 19.6 Å². The molecule has 1 rings (SSSR count). The highest BCUT2D eigenvalue weighted by Gasteiger charge is 2.18. The molecule has 1 N–H and O–H groups in total. The van der Waals surface area contributed by atoms with Crippen LogP contribution < -0.4 is 5.32 Å². The van der Waals surface area contributed by atoms with Gasteiger partial charge >= 0.3 is 0 Å². The predicted molar refractivity (Wildman–Crippen MR) is 59.6 cm³/mol. The van der Waals surface area contributed by atoms with E-state index in [0.717, 1.165) is 45.2 Å². The minimum Gasteiger partial charge on any atom is -0.374 e. The first-order valence-corrected chi connectivity index (χ1v) is 5.77. The Morgan fingerprint density at radius 3 is 2.93 bits per heavy atom. The van der Waals surface area contributed by atoms with Crippen molar-refractivity contribution in [1.29, 1.82) is 0 Å². The van der Waals surface area contributed by atoms with E-state index in [0.29, 0.717) is 6.10 Å². The standard InChI is InChI=1S/C11H24N2O/c1-4-13-5-6-14-11(9-13)8-12-7-10(2)3/h10-12H,4-9H2,1-3H3. The Hall–Kier alpha value is -0.120. The van der Waals surface area contributed by atoms with Crippen LogP contribution in [0.3, 0.4) is 0 Å². The van der Waals surface area contributed by atoms with Gasteiger partial charge in [-0.3, -0.25) is 4.90 Å². The molecule has 1 heterocycles. The molecule has 0 aliphatic carbocycles. The van der Waals surface area contributed by atoms with E-state index in [-0.39, 0.29) is 0 Å². The summed E-state index contributed by atoms with van der Waals surface area (Å²) in [6, 6.07) is 0. The lowest BCUT2D eigenvalue weighted by Gasteiger charge is -2.32. The van der Waals surface area contributed by atoms with Crippen molar-refractivity contribution in [2.24, 2.45) is 5.92 Å². The molecule has 3 heteroatoms. The van der Waals surface area contributed by atoms with Gasteiger partial charge in [0.05, 0.1) is 12.7 Å². The zero-order chi connectivity index (χ0) is 10.4.